The molecule has 47 heavy (non-hydrogen) atoms. The molecule has 14 nitrogen and oxygen atoms in total. The average molecular weight is 693 g/mol. The van der Waals surface area contributed by atoms with Gasteiger partial charge in [0.1, 0.15) is 17.8 Å². The van der Waals surface area contributed by atoms with E-state index < -0.39 is 75.8 Å². The van der Waals surface area contributed by atoms with Crippen LogP contribution in [0.2, 0.25) is 0 Å². The number of amides is 2. The van der Waals surface area contributed by atoms with Crippen molar-refractivity contribution in [2.24, 2.45) is 5.92 Å². The van der Waals surface area contributed by atoms with Gasteiger partial charge in [-0.1, -0.05) is 90.4 Å². The Morgan fingerprint density at radius 3 is 1.40 bits per heavy atom. The maximum Gasteiger partial charge on any atom is 0.326 e. The summed E-state index contributed by atoms with van der Waals surface area (Å²) in [6.45, 7) is 1.74. The first-order valence-electron chi connectivity index (χ1n) is 16.9. The van der Waals surface area contributed by atoms with Crippen molar-refractivity contribution in [3.05, 3.63) is 0 Å². The highest BCUT2D eigenvalue weighted by Crippen LogP contribution is 2.16. The second-order valence-electron chi connectivity index (χ2n) is 12.2. The van der Waals surface area contributed by atoms with Crippen molar-refractivity contribution in [1.29, 1.82) is 0 Å². The number of unbranched alkanes of at least 4 members (excludes halogenated alkanes) is 13. The Balaban J connectivity index is 4.45. The lowest BCUT2D eigenvalue weighted by molar-refractivity contribution is -0.145. The highest BCUT2D eigenvalue weighted by molar-refractivity contribution is 7.85. The minimum Gasteiger partial charge on any atom is -0.481 e. The third kappa shape index (κ3) is 25.7. The number of nitrogens with one attached hydrogen (secondary N) is 2. The Labute approximate surface area is 278 Å². The van der Waals surface area contributed by atoms with Crippen molar-refractivity contribution >= 4 is 45.6 Å². The van der Waals surface area contributed by atoms with Crippen LogP contribution in [0.4, 0.5) is 0 Å². The molecule has 0 heterocycles. The normalized spacial score (nSPS) is 13.3. The number of carbonyl (C=O) groups is 6. The lowest BCUT2D eigenvalue weighted by Gasteiger charge is -2.19. The predicted molar refractivity (Wildman–Crippen MR) is 174 cm³/mol. The van der Waals surface area contributed by atoms with Crippen molar-refractivity contribution in [3.63, 3.8) is 0 Å². The van der Waals surface area contributed by atoms with Crippen molar-refractivity contribution in [1.82, 2.24) is 10.6 Å². The van der Waals surface area contributed by atoms with Gasteiger partial charge in [0.25, 0.3) is 10.1 Å². The number of carboxylic acids is 3. The van der Waals surface area contributed by atoms with Crippen LogP contribution in [0.3, 0.4) is 0 Å². The number of carboxylic acid groups (broad SMARTS) is 3. The van der Waals surface area contributed by atoms with Gasteiger partial charge in [0.15, 0.2) is 5.78 Å². The van der Waals surface area contributed by atoms with E-state index in [1.54, 1.807) is 6.92 Å². The summed E-state index contributed by atoms with van der Waals surface area (Å²) in [5.74, 6) is -8.14. The summed E-state index contributed by atoms with van der Waals surface area (Å²) in [6, 6.07) is -2.79. The summed E-state index contributed by atoms with van der Waals surface area (Å²) in [4.78, 5) is 71.0. The van der Waals surface area contributed by atoms with Gasteiger partial charge in [-0.05, 0) is 25.7 Å². The van der Waals surface area contributed by atoms with Gasteiger partial charge < -0.3 is 26.0 Å². The minimum absolute atomic E-state index is 0.0244. The zero-order chi connectivity index (χ0) is 35.7. The molecule has 2 amide bonds. The molecule has 0 rings (SSSR count). The maximum atomic E-state index is 12.9. The van der Waals surface area contributed by atoms with E-state index >= 15 is 0 Å². The quantitative estimate of drug-likeness (QED) is 0.0435. The second-order valence-corrected chi connectivity index (χ2v) is 13.7. The molecule has 6 N–H and O–H groups in total. The van der Waals surface area contributed by atoms with E-state index in [2.05, 4.69) is 10.6 Å². The molecule has 0 fully saturated rings. The predicted octanol–water partition coefficient (Wildman–Crippen LogP) is 4.49. The number of Topliss-reactive ketones (excluding diaryl/α,β-unsaturated/α-hetero) is 1. The van der Waals surface area contributed by atoms with Gasteiger partial charge in [-0.25, -0.2) is 4.79 Å². The summed E-state index contributed by atoms with van der Waals surface area (Å²) >= 11 is 0. The molecule has 0 aliphatic rings. The van der Waals surface area contributed by atoms with Crippen LogP contribution in [0.5, 0.6) is 0 Å². The highest BCUT2D eigenvalue weighted by Gasteiger charge is 2.31. The van der Waals surface area contributed by atoms with Gasteiger partial charge in [0.2, 0.25) is 11.8 Å². The topological polar surface area (TPSA) is 242 Å². The van der Waals surface area contributed by atoms with E-state index in [4.69, 9.17) is 5.11 Å². The number of rotatable bonds is 31. The second kappa shape index (κ2) is 26.0. The van der Waals surface area contributed by atoms with E-state index in [-0.39, 0.29) is 32.1 Å². The number of hydrogen-bond acceptors (Lipinski definition) is 8. The van der Waals surface area contributed by atoms with Gasteiger partial charge in [0, 0.05) is 25.7 Å². The Morgan fingerprint density at radius 2 is 1.00 bits per heavy atom. The zero-order valence-corrected chi connectivity index (χ0v) is 28.6. The molecule has 0 aromatic heterocycles. The molecule has 272 valence electrons. The van der Waals surface area contributed by atoms with Gasteiger partial charge >= 0.3 is 17.9 Å². The third-order valence-corrected chi connectivity index (χ3v) is 8.63. The van der Waals surface area contributed by atoms with Crippen molar-refractivity contribution in [2.45, 2.75) is 154 Å². The first kappa shape index (κ1) is 43.9. The molecule has 0 saturated heterocycles. The molecule has 0 bridgehead atoms. The lowest BCUT2D eigenvalue weighted by atomic mass is 9.94. The van der Waals surface area contributed by atoms with Crippen LogP contribution in [0.15, 0.2) is 0 Å². The SMILES string of the molecule is CCCC(NC(=O)CCC(CC(=O)C(CS(=O)(=O)O)NC(=O)CCCCCCCCCCCCCCCCC(=O)O)C(=O)O)C(=O)O. The molecule has 0 aromatic carbocycles. The van der Waals surface area contributed by atoms with Gasteiger partial charge in [-0.3, -0.25) is 28.5 Å². The van der Waals surface area contributed by atoms with Crippen molar-refractivity contribution in [3.8, 4) is 0 Å². The molecule has 0 saturated carbocycles. The van der Waals surface area contributed by atoms with Crippen LogP contribution in [0.25, 0.3) is 0 Å². The van der Waals surface area contributed by atoms with E-state index in [1.165, 1.54) is 19.3 Å². The molecule has 0 aliphatic heterocycles. The fourth-order valence-electron chi connectivity index (χ4n) is 5.19. The summed E-state index contributed by atoms with van der Waals surface area (Å²) in [5, 5.41) is 32.0. The minimum atomic E-state index is -4.70. The Hall–Kier alpha value is -3.07. The van der Waals surface area contributed by atoms with Gasteiger partial charge in [0.05, 0.1) is 5.92 Å². The van der Waals surface area contributed by atoms with E-state index in [0.29, 0.717) is 12.8 Å². The lowest BCUT2D eigenvalue weighted by Crippen LogP contribution is -2.46. The average Bonchev–Trinajstić information content (AvgIpc) is 2.97. The Morgan fingerprint density at radius 1 is 0.574 bits per heavy atom. The van der Waals surface area contributed by atoms with Crippen molar-refractivity contribution < 1.29 is 57.1 Å². The van der Waals surface area contributed by atoms with E-state index in [0.717, 1.165) is 64.2 Å². The maximum absolute atomic E-state index is 12.9. The number of aliphatic carboxylic acids is 3. The zero-order valence-electron chi connectivity index (χ0n) is 27.8. The van der Waals surface area contributed by atoms with E-state index in [9.17, 15) is 52.0 Å². The van der Waals surface area contributed by atoms with Crippen molar-refractivity contribution in [2.75, 3.05) is 5.75 Å². The number of ketones is 1. The molecule has 0 aromatic rings. The van der Waals surface area contributed by atoms with Crippen LogP contribution in [-0.4, -0.2) is 81.6 Å². The highest BCUT2D eigenvalue weighted by atomic mass is 32.2. The molecule has 3 unspecified atom stereocenters. The molecule has 15 heteroatoms. The fourth-order valence-corrected chi connectivity index (χ4v) is 5.88. The molecule has 0 aliphatic carbocycles. The van der Waals surface area contributed by atoms with Crippen LogP contribution in [-0.2, 0) is 38.9 Å². The summed E-state index contributed by atoms with van der Waals surface area (Å²) in [5.41, 5.74) is 0. The van der Waals surface area contributed by atoms with Gasteiger partial charge in [-0.2, -0.15) is 8.42 Å². The third-order valence-electron chi connectivity index (χ3n) is 7.87. The van der Waals surface area contributed by atoms with Crippen LogP contribution in [0, 0.1) is 5.92 Å². The van der Waals surface area contributed by atoms with Gasteiger partial charge in [-0.15, -0.1) is 0 Å². The Bertz CT molecular complexity index is 1080. The summed E-state index contributed by atoms with van der Waals surface area (Å²) in [6.07, 6.45) is 13.5. The first-order valence-corrected chi connectivity index (χ1v) is 18.5. The fraction of sp³-hybridized carbons (Fsp3) is 0.812. The van der Waals surface area contributed by atoms with Crippen LogP contribution < -0.4 is 10.6 Å². The van der Waals surface area contributed by atoms with Crippen LogP contribution in [0.1, 0.15) is 142 Å². The summed E-state index contributed by atoms with van der Waals surface area (Å²) in [7, 11) is -4.70. The molecule has 0 radical (unpaired) electrons. The van der Waals surface area contributed by atoms with Crippen LogP contribution >= 0.6 is 0 Å². The number of carbonyl (C=O) groups excluding carboxylic acids is 3. The molecule has 3 atom stereocenters. The molecular weight excluding hydrogens is 636 g/mol. The Kier molecular flexibility index (Phi) is 24.3. The largest absolute Gasteiger partial charge is 0.481 e. The standard InChI is InChI=1S/C32H56N2O12S/c1-2-17-25(32(42)43)33-29(37)21-20-24(31(40)41)22-27(35)26(23-47(44,45)46)34-28(36)18-15-13-11-9-7-5-3-4-6-8-10-12-14-16-19-30(38)39/h24-26H,2-23H2,1H3,(H,33,37)(H,34,36)(H,38,39)(H,40,41)(H,42,43)(H,44,45,46). The first-order chi connectivity index (χ1) is 22.2. The monoisotopic (exact) mass is 692 g/mol. The van der Waals surface area contributed by atoms with E-state index in [1.807, 2.05) is 0 Å². The number of hydrogen-bond donors (Lipinski definition) is 6. The molecule has 0 spiro atoms. The smallest absolute Gasteiger partial charge is 0.326 e. The summed E-state index contributed by atoms with van der Waals surface area (Å²) < 4.78 is 32.3. The molecular formula is C32H56N2O12S.